The fourth-order valence-corrected chi connectivity index (χ4v) is 5.84. The number of hydrogen-bond acceptors (Lipinski definition) is 7. The lowest BCUT2D eigenvalue weighted by molar-refractivity contribution is 0.0467. The van der Waals surface area contributed by atoms with E-state index in [2.05, 4.69) is 6.92 Å². The summed E-state index contributed by atoms with van der Waals surface area (Å²) in [6.07, 6.45) is 2.36. The van der Waals surface area contributed by atoms with Crippen molar-refractivity contribution >= 4 is 28.9 Å². The minimum absolute atomic E-state index is 0.0578. The number of ether oxygens (including phenoxy) is 2. The number of carbonyl (C=O) groups is 3. The summed E-state index contributed by atoms with van der Waals surface area (Å²) >= 11 is 0. The van der Waals surface area contributed by atoms with Gasteiger partial charge in [0, 0.05) is 13.0 Å². The van der Waals surface area contributed by atoms with Crippen LogP contribution in [0.2, 0.25) is 0 Å². The first-order chi connectivity index (χ1) is 24.8. The first-order valence-corrected chi connectivity index (χ1v) is 16.7. The third-order valence-electron chi connectivity index (χ3n) is 8.55. The normalized spacial score (nSPS) is 10.9. The number of benzene rings is 4. The number of aryl methyl sites for hydroxylation is 1. The molecule has 6 aromatic rings. The van der Waals surface area contributed by atoms with Gasteiger partial charge in [0.15, 0.2) is 0 Å². The predicted octanol–water partition coefficient (Wildman–Crippen LogP) is 7.87. The average Bonchev–Trinajstić information content (AvgIpc) is 3.40. The number of hydrogen-bond donors (Lipinski definition) is 1. The van der Waals surface area contributed by atoms with Crippen LogP contribution in [-0.4, -0.2) is 32.6 Å². The van der Waals surface area contributed by atoms with Gasteiger partial charge in [0.1, 0.15) is 30.2 Å². The molecule has 0 bridgehead atoms. The summed E-state index contributed by atoms with van der Waals surface area (Å²) < 4.78 is 13.1. The molecule has 0 atom stereocenters. The van der Waals surface area contributed by atoms with Gasteiger partial charge in [-0.05, 0) is 52.4 Å². The second-order valence-corrected chi connectivity index (χ2v) is 12.1. The Morgan fingerprint density at radius 3 is 1.84 bits per heavy atom. The molecule has 9 nitrogen and oxygen atoms in total. The third-order valence-corrected chi connectivity index (χ3v) is 8.55. The number of carbonyl (C=O) groups excluding carboxylic acids is 2. The van der Waals surface area contributed by atoms with E-state index < -0.39 is 23.3 Å². The number of rotatable bonds is 13. The maximum absolute atomic E-state index is 14.0. The van der Waals surface area contributed by atoms with Crippen LogP contribution in [0.4, 0.5) is 0 Å². The molecular weight excluding hydrogens is 644 g/mol. The largest absolute Gasteiger partial charge is 0.478 e. The van der Waals surface area contributed by atoms with E-state index in [0.717, 1.165) is 40.9 Å². The second-order valence-electron chi connectivity index (χ2n) is 12.1. The quantitative estimate of drug-likeness (QED) is 0.122. The summed E-state index contributed by atoms with van der Waals surface area (Å²) in [5, 5.41) is 9.69. The summed E-state index contributed by atoms with van der Waals surface area (Å²) in [6, 6.07) is 35.4. The number of carboxylic acid groups (broad SMARTS) is 1. The summed E-state index contributed by atoms with van der Waals surface area (Å²) in [7, 11) is 0. The Balaban J connectivity index is 1.42. The van der Waals surface area contributed by atoms with Crippen LogP contribution in [0.5, 0.6) is 0 Å². The zero-order valence-electron chi connectivity index (χ0n) is 28.1. The minimum Gasteiger partial charge on any atom is -0.478 e. The molecule has 1 N–H and O–H groups in total. The molecule has 0 fully saturated rings. The van der Waals surface area contributed by atoms with E-state index in [-0.39, 0.29) is 29.9 Å². The van der Waals surface area contributed by atoms with Gasteiger partial charge in [0.05, 0.1) is 16.6 Å². The van der Waals surface area contributed by atoms with Crippen LogP contribution >= 0.6 is 0 Å². The SMILES string of the molecule is CCCCc1nc2cc(C(=O)OCc3ccccc3)c(=O)c(C(=O)OCc3ccccc3)cc2n1Cc1ccc(-c2ccccc2C(=O)O)cc1. The van der Waals surface area contributed by atoms with Gasteiger partial charge in [0.25, 0.3) is 0 Å². The van der Waals surface area contributed by atoms with Crippen molar-refractivity contribution in [2.24, 2.45) is 0 Å². The Hall–Kier alpha value is -6.35. The highest BCUT2D eigenvalue weighted by Crippen LogP contribution is 2.26. The molecule has 0 radical (unpaired) electrons. The van der Waals surface area contributed by atoms with E-state index in [1.807, 2.05) is 77.4 Å². The summed E-state index contributed by atoms with van der Waals surface area (Å²) in [5.41, 5.74) is 3.33. The molecule has 0 saturated heterocycles. The first kappa shape index (κ1) is 34.5. The number of imidazole rings is 1. The van der Waals surface area contributed by atoms with Crippen LogP contribution < -0.4 is 5.43 Å². The van der Waals surface area contributed by atoms with Crippen LogP contribution in [0.3, 0.4) is 0 Å². The molecule has 9 heteroatoms. The van der Waals surface area contributed by atoms with Crippen molar-refractivity contribution in [2.45, 2.75) is 45.9 Å². The van der Waals surface area contributed by atoms with E-state index in [1.54, 1.807) is 36.4 Å². The van der Waals surface area contributed by atoms with Crippen molar-refractivity contribution in [2.75, 3.05) is 0 Å². The van der Waals surface area contributed by atoms with Crippen molar-refractivity contribution in [3.8, 4) is 11.1 Å². The number of unbranched alkanes of at least 4 members (excludes halogenated alkanes) is 1. The molecule has 256 valence electrons. The average molecular weight is 681 g/mol. The molecule has 0 saturated carbocycles. The molecule has 0 unspecified atom stereocenters. The first-order valence-electron chi connectivity index (χ1n) is 16.7. The second kappa shape index (κ2) is 15.9. The Morgan fingerprint density at radius 1 is 0.686 bits per heavy atom. The van der Waals surface area contributed by atoms with Crippen molar-refractivity contribution in [3.63, 3.8) is 0 Å². The van der Waals surface area contributed by atoms with E-state index in [4.69, 9.17) is 14.5 Å². The Kier molecular flexibility index (Phi) is 10.8. The topological polar surface area (TPSA) is 125 Å². The van der Waals surface area contributed by atoms with E-state index in [1.165, 1.54) is 12.1 Å². The fourth-order valence-electron chi connectivity index (χ4n) is 5.84. The van der Waals surface area contributed by atoms with Crippen LogP contribution in [0.15, 0.2) is 126 Å². The predicted molar refractivity (Wildman–Crippen MR) is 194 cm³/mol. The highest BCUT2D eigenvalue weighted by Gasteiger charge is 2.23. The maximum Gasteiger partial charge on any atom is 0.342 e. The van der Waals surface area contributed by atoms with E-state index >= 15 is 0 Å². The molecule has 0 aliphatic heterocycles. The lowest BCUT2D eigenvalue weighted by Crippen LogP contribution is -2.22. The number of carboxylic acids is 1. The van der Waals surface area contributed by atoms with Crippen LogP contribution in [0.25, 0.3) is 22.2 Å². The van der Waals surface area contributed by atoms with Gasteiger partial charge in [-0.1, -0.05) is 116 Å². The zero-order valence-corrected chi connectivity index (χ0v) is 28.1. The fraction of sp³-hybridized carbons (Fsp3) is 0.167. The number of fused-ring (bicyclic) bond motifs is 1. The van der Waals surface area contributed by atoms with Gasteiger partial charge in [-0.2, -0.15) is 0 Å². The lowest BCUT2D eigenvalue weighted by atomic mass is 9.99. The highest BCUT2D eigenvalue weighted by atomic mass is 16.5. The number of aromatic carboxylic acids is 1. The summed E-state index contributed by atoms with van der Waals surface area (Å²) in [6.45, 7) is 2.29. The Labute approximate surface area is 294 Å². The van der Waals surface area contributed by atoms with Gasteiger partial charge in [-0.15, -0.1) is 0 Å². The van der Waals surface area contributed by atoms with Gasteiger partial charge in [-0.25, -0.2) is 19.4 Å². The lowest BCUT2D eigenvalue weighted by Gasteiger charge is -2.11. The molecule has 0 aliphatic rings. The van der Waals surface area contributed by atoms with Crippen molar-refractivity contribution in [1.82, 2.24) is 9.55 Å². The maximum atomic E-state index is 14.0. The molecule has 6 rings (SSSR count). The van der Waals surface area contributed by atoms with E-state index in [0.29, 0.717) is 29.6 Å². The molecule has 1 aromatic heterocycles. The Morgan fingerprint density at radius 2 is 1.25 bits per heavy atom. The van der Waals surface area contributed by atoms with Gasteiger partial charge in [0.2, 0.25) is 5.43 Å². The van der Waals surface area contributed by atoms with Crippen LogP contribution in [-0.2, 0) is 35.7 Å². The van der Waals surface area contributed by atoms with E-state index in [9.17, 15) is 24.3 Å². The molecule has 0 aliphatic carbocycles. The zero-order chi connectivity index (χ0) is 35.7. The number of esters is 2. The van der Waals surface area contributed by atoms with Crippen molar-refractivity contribution in [3.05, 3.63) is 171 Å². The summed E-state index contributed by atoms with van der Waals surface area (Å²) in [4.78, 5) is 57.8. The number of aromatic nitrogens is 2. The molecule has 0 spiro atoms. The molecule has 0 amide bonds. The van der Waals surface area contributed by atoms with Crippen molar-refractivity contribution in [1.29, 1.82) is 0 Å². The highest BCUT2D eigenvalue weighted by molar-refractivity contribution is 5.99. The molecule has 5 aromatic carbocycles. The molecule has 1 heterocycles. The van der Waals surface area contributed by atoms with Gasteiger partial charge >= 0.3 is 17.9 Å². The summed E-state index contributed by atoms with van der Waals surface area (Å²) in [5.74, 6) is -2.03. The smallest absolute Gasteiger partial charge is 0.342 e. The molecular formula is C42H36N2O7. The Bertz CT molecular complexity index is 2250. The third kappa shape index (κ3) is 8.11. The van der Waals surface area contributed by atoms with Crippen LogP contribution in [0.1, 0.15) is 73.4 Å². The monoisotopic (exact) mass is 680 g/mol. The van der Waals surface area contributed by atoms with Crippen LogP contribution in [0, 0.1) is 0 Å². The standard InChI is InChI=1S/C42H36N2O7/c1-2-3-18-38-43-36-23-34(41(48)50-26-29-12-6-4-7-13-29)39(45)35(42(49)51-27-30-14-8-5-9-15-30)24-37(36)44(38)25-28-19-21-31(22-20-28)32-16-10-11-17-33(32)40(46)47/h4-17,19-24H,2-3,18,25-27H2,1H3,(H,46,47). The number of nitrogens with zero attached hydrogens (tertiary/aromatic N) is 2. The minimum atomic E-state index is -1.01. The van der Waals surface area contributed by atoms with Crippen molar-refractivity contribution < 1.29 is 29.0 Å². The van der Waals surface area contributed by atoms with Gasteiger partial charge < -0.3 is 19.1 Å². The van der Waals surface area contributed by atoms with Gasteiger partial charge in [-0.3, -0.25) is 4.79 Å². The molecule has 51 heavy (non-hydrogen) atoms.